The summed E-state index contributed by atoms with van der Waals surface area (Å²) in [6, 6.07) is 13.2. The van der Waals surface area contributed by atoms with Gasteiger partial charge in [-0.2, -0.15) is 0 Å². The molecule has 1 aliphatic carbocycles. The number of hydrogen-bond acceptors (Lipinski definition) is 6. The van der Waals surface area contributed by atoms with Crippen molar-refractivity contribution in [2.75, 3.05) is 18.1 Å². The van der Waals surface area contributed by atoms with Gasteiger partial charge in [0.1, 0.15) is 5.75 Å². The monoisotopic (exact) mass is 430 g/mol. The summed E-state index contributed by atoms with van der Waals surface area (Å²) in [5.74, 6) is -2.52. The zero-order valence-corrected chi connectivity index (χ0v) is 17.6. The van der Waals surface area contributed by atoms with E-state index in [1.807, 2.05) is 11.8 Å². The van der Waals surface area contributed by atoms with Gasteiger partial charge in [0.15, 0.2) is 17.1 Å². The highest BCUT2D eigenvalue weighted by atomic mass is 16.5. The summed E-state index contributed by atoms with van der Waals surface area (Å²) in [6.45, 7) is 2.92. The number of ketones is 2. The Morgan fingerprint density at radius 2 is 1.59 bits per heavy atom. The summed E-state index contributed by atoms with van der Waals surface area (Å²) >= 11 is 0. The Bertz CT molecular complexity index is 1150. The van der Waals surface area contributed by atoms with E-state index in [0.717, 1.165) is 6.42 Å². The van der Waals surface area contributed by atoms with E-state index < -0.39 is 23.3 Å². The number of nitrogens with zero attached hydrogens (tertiary/aromatic N) is 2. The van der Waals surface area contributed by atoms with Crippen LogP contribution < -0.4 is 9.64 Å². The molecule has 3 aliphatic heterocycles. The largest absolute Gasteiger partial charge is 0.494 e. The van der Waals surface area contributed by atoms with Gasteiger partial charge in [0, 0.05) is 17.2 Å². The van der Waals surface area contributed by atoms with Gasteiger partial charge >= 0.3 is 0 Å². The molecule has 0 radical (unpaired) electrons. The predicted molar refractivity (Wildman–Crippen MR) is 115 cm³/mol. The third-order valence-corrected chi connectivity index (χ3v) is 7.48. The minimum atomic E-state index is -1.61. The molecule has 0 N–H and O–H groups in total. The van der Waals surface area contributed by atoms with Crippen LogP contribution in [0.1, 0.15) is 40.5 Å². The number of ether oxygens (including phenoxy) is 1. The van der Waals surface area contributed by atoms with Crippen molar-refractivity contribution in [1.29, 1.82) is 0 Å². The van der Waals surface area contributed by atoms with Crippen molar-refractivity contribution in [2.24, 2.45) is 11.8 Å². The van der Waals surface area contributed by atoms with Gasteiger partial charge in [0.2, 0.25) is 11.8 Å². The molecule has 3 atom stereocenters. The molecule has 0 unspecified atom stereocenters. The molecule has 2 aromatic carbocycles. The van der Waals surface area contributed by atoms with Gasteiger partial charge in [0.05, 0.1) is 24.1 Å². The Morgan fingerprint density at radius 3 is 2.22 bits per heavy atom. The first-order valence-corrected chi connectivity index (χ1v) is 11.1. The fraction of sp³-hybridized carbons (Fsp3) is 0.360. The summed E-state index contributed by atoms with van der Waals surface area (Å²) in [7, 11) is 0. The molecule has 3 saturated heterocycles. The molecule has 32 heavy (non-hydrogen) atoms. The topological polar surface area (TPSA) is 84.0 Å². The van der Waals surface area contributed by atoms with E-state index in [0.29, 0.717) is 42.1 Å². The Hall–Kier alpha value is -3.32. The number of Topliss-reactive ketones (excluding diaryl/α,β-unsaturated/α-hetero) is 2. The molecule has 1 spiro atoms. The van der Waals surface area contributed by atoms with Crippen LogP contribution in [-0.4, -0.2) is 53.0 Å². The van der Waals surface area contributed by atoms with Gasteiger partial charge in [0.25, 0.3) is 0 Å². The minimum absolute atomic E-state index is 0.286. The number of carbonyl (C=O) groups excluding carboxylic acids is 4. The van der Waals surface area contributed by atoms with Crippen LogP contribution in [0.4, 0.5) is 5.69 Å². The average Bonchev–Trinajstić information content (AvgIpc) is 3.50. The first kappa shape index (κ1) is 19.4. The number of benzene rings is 2. The second kappa shape index (κ2) is 6.59. The number of rotatable bonds is 3. The zero-order valence-electron chi connectivity index (χ0n) is 17.6. The van der Waals surface area contributed by atoms with Crippen LogP contribution in [-0.2, 0) is 9.59 Å². The first-order valence-electron chi connectivity index (χ1n) is 11.1. The third kappa shape index (κ3) is 2.14. The van der Waals surface area contributed by atoms with Gasteiger partial charge < -0.3 is 4.74 Å². The van der Waals surface area contributed by atoms with Crippen LogP contribution in [0.3, 0.4) is 0 Å². The molecular formula is C25H22N2O5. The molecule has 6 rings (SSSR count). The van der Waals surface area contributed by atoms with Crippen molar-refractivity contribution in [2.45, 2.75) is 31.3 Å². The van der Waals surface area contributed by atoms with Crippen LogP contribution in [0.5, 0.6) is 5.75 Å². The molecule has 0 bridgehead atoms. The van der Waals surface area contributed by atoms with Gasteiger partial charge in [-0.15, -0.1) is 0 Å². The van der Waals surface area contributed by atoms with Crippen LogP contribution in [0.2, 0.25) is 0 Å². The molecule has 7 nitrogen and oxygen atoms in total. The number of amides is 2. The van der Waals surface area contributed by atoms with E-state index in [1.165, 1.54) is 4.90 Å². The first-order chi connectivity index (χ1) is 15.5. The van der Waals surface area contributed by atoms with Crippen LogP contribution in [0, 0.1) is 11.8 Å². The maximum Gasteiger partial charge on any atom is 0.240 e. The second-order valence-electron chi connectivity index (χ2n) is 8.82. The minimum Gasteiger partial charge on any atom is -0.494 e. The number of imide groups is 1. The highest BCUT2D eigenvalue weighted by molar-refractivity contribution is 6.37. The van der Waals surface area contributed by atoms with Crippen LogP contribution in [0.15, 0.2) is 48.5 Å². The SMILES string of the molecule is CCOc1ccc(N2C(=O)[C@H]3[C@H]4CCCN4C4(C(=O)c5ccccc5C4=O)[C@@H]3C2=O)cc1. The smallest absolute Gasteiger partial charge is 0.240 e. The summed E-state index contributed by atoms with van der Waals surface area (Å²) in [6.07, 6.45) is 1.48. The number of carbonyl (C=O) groups is 4. The molecule has 0 aromatic heterocycles. The molecule has 2 aromatic rings. The van der Waals surface area contributed by atoms with Gasteiger partial charge in [-0.1, -0.05) is 24.3 Å². The van der Waals surface area contributed by atoms with E-state index in [2.05, 4.69) is 0 Å². The summed E-state index contributed by atoms with van der Waals surface area (Å²) in [5, 5.41) is 0. The Morgan fingerprint density at radius 1 is 0.938 bits per heavy atom. The van der Waals surface area contributed by atoms with Crippen molar-refractivity contribution in [3.05, 3.63) is 59.7 Å². The van der Waals surface area contributed by atoms with Crippen molar-refractivity contribution in [3.8, 4) is 5.75 Å². The van der Waals surface area contributed by atoms with Crippen molar-refractivity contribution in [1.82, 2.24) is 4.90 Å². The lowest BCUT2D eigenvalue weighted by Gasteiger charge is -2.35. The lowest BCUT2D eigenvalue weighted by molar-refractivity contribution is -0.124. The highest BCUT2D eigenvalue weighted by Gasteiger charge is 2.76. The number of hydrogen-bond donors (Lipinski definition) is 0. The normalized spacial score (nSPS) is 27.9. The molecule has 4 aliphatic rings. The van der Waals surface area contributed by atoms with Crippen molar-refractivity contribution in [3.63, 3.8) is 0 Å². The van der Waals surface area contributed by atoms with Crippen molar-refractivity contribution >= 4 is 29.1 Å². The van der Waals surface area contributed by atoms with Crippen LogP contribution >= 0.6 is 0 Å². The number of fused-ring (bicyclic) bond motifs is 6. The Kier molecular flexibility index (Phi) is 3.99. The fourth-order valence-electron chi connectivity index (χ4n) is 6.35. The van der Waals surface area contributed by atoms with Gasteiger partial charge in [-0.25, -0.2) is 4.90 Å². The van der Waals surface area contributed by atoms with Crippen molar-refractivity contribution < 1.29 is 23.9 Å². The summed E-state index contributed by atoms with van der Waals surface area (Å²) < 4.78 is 5.46. The molecule has 3 heterocycles. The highest BCUT2D eigenvalue weighted by Crippen LogP contribution is 2.57. The average molecular weight is 430 g/mol. The summed E-state index contributed by atoms with van der Waals surface area (Å²) in [5.41, 5.74) is -0.470. The number of anilines is 1. The molecule has 7 heteroatoms. The molecule has 162 valence electrons. The van der Waals surface area contributed by atoms with Gasteiger partial charge in [-0.3, -0.25) is 24.1 Å². The van der Waals surface area contributed by atoms with E-state index in [9.17, 15) is 19.2 Å². The quantitative estimate of drug-likeness (QED) is 0.550. The summed E-state index contributed by atoms with van der Waals surface area (Å²) in [4.78, 5) is 58.0. The molecule has 0 saturated carbocycles. The lowest BCUT2D eigenvalue weighted by Crippen LogP contribution is -2.59. The molecular weight excluding hydrogens is 408 g/mol. The Labute approximate surface area is 184 Å². The zero-order chi connectivity index (χ0) is 22.2. The third-order valence-electron chi connectivity index (χ3n) is 7.48. The van der Waals surface area contributed by atoms with E-state index in [1.54, 1.807) is 48.5 Å². The fourth-order valence-corrected chi connectivity index (χ4v) is 6.35. The Balaban J connectivity index is 1.48. The maximum absolute atomic E-state index is 13.8. The van der Waals surface area contributed by atoms with Crippen LogP contribution in [0.25, 0.3) is 0 Å². The standard InChI is InChI=1S/C25H22N2O5/c1-2-32-15-11-9-14(10-12-15)27-23(30)19-18-8-5-13-26(18)25(20(19)24(27)31)21(28)16-6-3-4-7-17(16)22(25)29/h3-4,6-7,9-12,18-20H,2,5,8,13H2,1H3/t18-,19+,20+/m1/s1. The predicted octanol–water partition coefficient (Wildman–Crippen LogP) is 2.49. The van der Waals surface area contributed by atoms with E-state index in [-0.39, 0.29) is 23.5 Å². The maximum atomic E-state index is 13.8. The second-order valence-corrected chi connectivity index (χ2v) is 8.82. The van der Waals surface area contributed by atoms with E-state index >= 15 is 0 Å². The molecule has 2 amide bonds. The van der Waals surface area contributed by atoms with E-state index in [4.69, 9.17) is 4.74 Å². The lowest BCUT2D eigenvalue weighted by atomic mass is 9.76. The van der Waals surface area contributed by atoms with Gasteiger partial charge in [-0.05, 0) is 50.6 Å². The molecule has 3 fully saturated rings.